The summed E-state index contributed by atoms with van der Waals surface area (Å²) >= 11 is 0. The first-order valence-corrected chi connectivity index (χ1v) is 9.06. The zero-order valence-electron chi connectivity index (χ0n) is 15.4. The van der Waals surface area contributed by atoms with Crippen LogP contribution < -0.4 is 15.6 Å². The van der Waals surface area contributed by atoms with Crippen LogP contribution in [0.2, 0.25) is 0 Å². The summed E-state index contributed by atoms with van der Waals surface area (Å²) in [7, 11) is 1.53. The van der Waals surface area contributed by atoms with Gasteiger partial charge in [0.15, 0.2) is 5.69 Å². The summed E-state index contributed by atoms with van der Waals surface area (Å²) in [5, 5.41) is 8.16. The zero-order chi connectivity index (χ0) is 19.5. The van der Waals surface area contributed by atoms with Gasteiger partial charge in [0, 0.05) is 31.3 Å². The molecule has 1 saturated heterocycles. The number of nitrogens with one attached hydrogen (secondary N) is 1. The maximum atomic E-state index is 13.0. The largest absolute Gasteiger partial charge is 0.470 e. The number of hydrogen-bond acceptors (Lipinski definition) is 6. The molecular formula is C20H20N4O4. The molecule has 0 radical (unpaired) electrons. The highest BCUT2D eigenvalue weighted by Crippen LogP contribution is 2.17. The average molecular weight is 380 g/mol. The van der Waals surface area contributed by atoms with Crippen LogP contribution in [0, 0.1) is 0 Å². The number of aromatic nitrogens is 3. The summed E-state index contributed by atoms with van der Waals surface area (Å²) in [4.78, 5) is 29.4. The lowest BCUT2D eigenvalue weighted by atomic mass is 10.0. The standard InChI is InChI=1S/C20H20N4O4/c1-24-20(26)14-7-3-2-6-13(14)18(23-24)19(25)22-15-9-11-27-12-16(15)28-17-8-4-5-10-21-17/h2-8,10,15-16H,9,11-12H2,1H3,(H,22,25). The van der Waals surface area contributed by atoms with E-state index < -0.39 is 0 Å². The van der Waals surface area contributed by atoms with Gasteiger partial charge in [0.25, 0.3) is 11.5 Å². The van der Waals surface area contributed by atoms with Crippen LogP contribution in [0.15, 0.2) is 53.5 Å². The first-order valence-electron chi connectivity index (χ1n) is 9.06. The van der Waals surface area contributed by atoms with Crippen molar-refractivity contribution in [3.8, 4) is 5.88 Å². The van der Waals surface area contributed by atoms with Crippen LogP contribution in [0.5, 0.6) is 5.88 Å². The molecule has 0 aliphatic carbocycles. The normalized spacial score (nSPS) is 19.3. The summed E-state index contributed by atoms with van der Waals surface area (Å²) in [6.45, 7) is 0.872. The van der Waals surface area contributed by atoms with E-state index in [2.05, 4.69) is 15.4 Å². The molecule has 8 heteroatoms. The minimum Gasteiger partial charge on any atom is -0.470 e. The number of hydrogen-bond donors (Lipinski definition) is 1. The summed E-state index contributed by atoms with van der Waals surface area (Å²) in [5.41, 5.74) is -0.0321. The molecule has 28 heavy (non-hydrogen) atoms. The monoisotopic (exact) mass is 380 g/mol. The second kappa shape index (κ2) is 7.77. The molecule has 2 atom stereocenters. The van der Waals surface area contributed by atoms with E-state index in [1.165, 1.54) is 11.7 Å². The van der Waals surface area contributed by atoms with Gasteiger partial charge in [-0.1, -0.05) is 24.3 Å². The van der Waals surface area contributed by atoms with Gasteiger partial charge in [0.05, 0.1) is 18.0 Å². The maximum Gasteiger partial charge on any atom is 0.274 e. The van der Waals surface area contributed by atoms with Gasteiger partial charge in [0.1, 0.15) is 6.10 Å². The number of benzene rings is 1. The van der Waals surface area contributed by atoms with Crippen molar-refractivity contribution in [3.63, 3.8) is 0 Å². The van der Waals surface area contributed by atoms with Gasteiger partial charge in [-0.2, -0.15) is 5.10 Å². The number of rotatable bonds is 4. The van der Waals surface area contributed by atoms with Crippen LogP contribution in [-0.4, -0.2) is 46.0 Å². The Kier molecular flexibility index (Phi) is 5.03. The molecule has 1 N–H and O–H groups in total. The molecule has 3 aromatic rings. The smallest absolute Gasteiger partial charge is 0.274 e. The lowest BCUT2D eigenvalue weighted by molar-refractivity contribution is -0.0153. The van der Waals surface area contributed by atoms with E-state index in [1.54, 1.807) is 42.6 Å². The molecular weight excluding hydrogens is 360 g/mol. The molecule has 4 rings (SSSR count). The third kappa shape index (κ3) is 3.59. The number of pyridine rings is 1. The van der Waals surface area contributed by atoms with Crippen molar-refractivity contribution in [2.45, 2.75) is 18.6 Å². The van der Waals surface area contributed by atoms with Crippen LogP contribution in [0.3, 0.4) is 0 Å². The topological polar surface area (TPSA) is 95.3 Å². The Balaban J connectivity index is 1.59. The SMILES string of the molecule is Cn1nc(C(=O)NC2CCOCC2Oc2ccccn2)c2ccccc2c1=O. The summed E-state index contributed by atoms with van der Waals surface area (Å²) in [6.07, 6.45) is 1.88. The van der Waals surface area contributed by atoms with Crippen molar-refractivity contribution in [3.05, 3.63) is 64.7 Å². The highest BCUT2D eigenvalue weighted by molar-refractivity contribution is 6.04. The van der Waals surface area contributed by atoms with Crippen molar-refractivity contribution in [2.75, 3.05) is 13.2 Å². The lowest BCUT2D eigenvalue weighted by Gasteiger charge is -2.32. The van der Waals surface area contributed by atoms with E-state index >= 15 is 0 Å². The van der Waals surface area contributed by atoms with Gasteiger partial charge >= 0.3 is 0 Å². The summed E-state index contributed by atoms with van der Waals surface area (Å²) in [6, 6.07) is 12.1. The molecule has 0 spiro atoms. The van der Waals surface area contributed by atoms with Crippen molar-refractivity contribution >= 4 is 16.7 Å². The van der Waals surface area contributed by atoms with Gasteiger partial charge < -0.3 is 14.8 Å². The number of carbonyl (C=O) groups is 1. The number of nitrogens with zero attached hydrogens (tertiary/aromatic N) is 3. The van der Waals surface area contributed by atoms with E-state index in [0.29, 0.717) is 36.3 Å². The maximum absolute atomic E-state index is 13.0. The third-order valence-corrected chi connectivity index (χ3v) is 4.70. The van der Waals surface area contributed by atoms with Crippen LogP contribution in [0.4, 0.5) is 0 Å². The molecule has 1 fully saturated rings. The Hall–Kier alpha value is -3.26. The molecule has 144 valence electrons. The van der Waals surface area contributed by atoms with Gasteiger partial charge in [0.2, 0.25) is 5.88 Å². The third-order valence-electron chi connectivity index (χ3n) is 4.70. The van der Waals surface area contributed by atoms with E-state index in [1.807, 2.05) is 6.07 Å². The van der Waals surface area contributed by atoms with Crippen LogP contribution in [0.1, 0.15) is 16.9 Å². The van der Waals surface area contributed by atoms with Crippen molar-refractivity contribution in [1.29, 1.82) is 0 Å². The van der Waals surface area contributed by atoms with Gasteiger partial charge in [-0.3, -0.25) is 9.59 Å². The predicted octanol–water partition coefficient (Wildman–Crippen LogP) is 1.29. The molecule has 1 aromatic carbocycles. The second-order valence-electron chi connectivity index (χ2n) is 6.59. The van der Waals surface area contributed by atoms with E-state index in [4.69, 9.17) is 9.47 Å². The van der Waals surface area contributed by atoms with Crippen molar-refractivity contribution in [2.24, 2.45) is 7.05 Å². The number of fused-ring (bicyclic) bond motifs is 1. The quantitative estimate of drug-likeness (QED) is 0.733. The Morgan fingerprint density at radius 3 is 2.79 bits per heavy atom. The van der Waals surface area contributed by atoms with Crippen molar-refractivity contribution < 1.29 is 14.3 Å². The van der Waals surface area contributed by atoms with Crippen LogP contribution >= 0.6 is 0 Å². The number of aryl methyl sites for hydroxylation is 1. The first kappa shape index (κ1) is 18.1. The number of carbonyl (C=O) groups excluding carboxylic acids is 1. The first-order chi connectivity index (χ1) is 13.6. The minimum absolute atomic E-state index is 0.209. The van der Waals surface area contributed by atoms with Gasteiger partial charge in [-0.25, -0.2) is 9.67 Å². The Bertz CT molecular complexity index is 1050. The highest BCUT2D eigenvalue weighted by Gasteiger charge is 2.30. The lowest BCUT2D eigenvalue weighted by Crippen LogP contribution is -2.51. The number of ether oxygens (including phenoxy) is 2. The molecule has 0 bridgehead atoms. The van der Waals surface area contributed by atoms with Crippen molar-refractivity contribution in [1.82, 2.24) is 20.1 Å². The van der Waals surface area contributed by atoms with Crippen LogP contribution in [-0.2, 0) is 11.8 Å². The summed E-state index contributed by atoms with van der Waals surface area (Å²) in [5.74, 6) is 0.122. The molecule has 3 heterocycles. The summed E-state index contributed by atoms with van der Waals surface area (Å²) < 4.78 is 12.6. The molecule has 0 saturated carbocycles. The van der Waals surface area contributed by atoms with Gasteiger partial charge in [-0.05, 0) is 18.6 Å². The minimum atomic E-state index is -0.369. The fourth-order valence-electron chi connectivity index (χ4n) is 3.27. The molecule has 1 amide bonds. The van der Waals surface area contributed by atoms with Gasteiger partial charge in [-0.15, -0.1) is 0 Å². The molecule has 2 unspecified atom stereocenters. The highest BCUT2D eigenvalue weighted by atomic mass is 16.5. The fraction of sp³-hybridized carbons (Fsp3) is 0.300. The van der Waals surface area contributed by atoms with E-state index in [9.17, 15) is 9.59 Å². The molecule has 1 aliphatic heterocycles. The Morgan fingerprint density at radius 1 is 1.21 bits per heavy atom. The van der Waals surface area contributed by atoms with E-state index in [-0.39, 0.29) is 29.3 Å². The van der Waals surface area contributed by atoms with Crippen LogP contribution in [0.25, 0.3) is 10.8 Å². The molecule has 1 aliphatic rings. The Labute approximate surface area is 161 Å². The average Bonchev–Trinajstić information content (AvgIpc) is 2.73. The fourth-order valence-corrected chi connectivity index (χ4v) is 3.27. The predicted molar refractivity (Wildman–Crippen MR) is 102 cm³/mol. The Morgan fingerprint density at radius 2 is 2.00 bits per heavy atom. The molecule has 8 nitrogen and oxygen atoms in total. The molecule has 2 aromatic heterocycles. The zero-order valence-corrected chi connectivity index (χ0v) is 15.4. The number of amides is 1. The second-order valence-corrected chi connectivity index (χ2v) is 6.59. The van der Waals surface area contributed by atoms with E-state index in [0.717, 1.165) is 0 Å².